The van der Waals surface area contributed by atoms with Crippen LogP contribution in [-0.4, -0.2) is 28.3 Å². The van der Waals surface area contributed by atoms with Crippen LogP contribution < -0.4 is 10.1 Å². The minimum atomic E-state index is 0.172. The molecule has 2 N–H and O–H groups in total. The first kappa shape index (κ1) is 16.4. The van der Waals surface area contributed by atoms with Gasteiger partial charge in [-0.25, -0.2) is 0 Å². The van der Waals surface area contributed by atoms with Crippen LogP contribution in [0.2, 0.25) is 0 Å². The number of benzene rings is 1. The van der Waals surface area contributed by atoms with Gasteiger partial charge in [-0.05, 0) is 51.2 Å². The summed E-state index contributed by atoms with van der Waals surface area (Å²) in [5, 5.41) is 11.5. The van der Waals surface area contributed by atoms with E-state index in [-0.39, 0.29) is 24.0 Å². The largest absolute Gasteiger partial charge is 0.490 e. The molecule has 2 atom stereocenters. The molecule has 1 aromatic heterocycles. The maximum absolute atomic E-state index is 12.4. The predicted molar refractivity (Wildman–Crippen MR) is 97.6 cm³/mol. The maximum atomic E-state index is 12.4. The van der Waals surface area contributed by atoms with Crippen molar-refractivity contribution in [2.45, 2.75) is 70.4 Å². The van der Waals surface area contributed by atoms with Crippen LogP contribution in [0.1, 0.15) is 56.9 Å². The lowest BCUT2D eigenvalue weighted by atomic mass is 9.92. The lowest BCUT2D eigenvalue weighted by Crippen LogP contribution is -2.43. The quantitative estimate of drug-likeness (QED) is 0.887. The molecule has 2 aliphatic rings. The standard InChI is InChI=1S/C20H27N3O2/c1-13-17-12-21-23-18(17)9-10-19(13)25-16-8-4-7-15(11-16)22-20(24)14-5-2-3-6-14/h9-10,12,14-16H,2-8,11H2,1H3,(H,21,23)(H,22,24). The van der Waals surface area contributed by atoms with E-state index in [9.17, 15) is 4.79 Å². The Morgan fingerprint density at radius 3 is 2.88 bits per heavy atom. The van der Waals surface area contributed by atoms with Gasteiger partial charge in [-0.15, -0.1) is 0 Å². The zero-order chi connectivity index (χ0) is 17.2. The minimum absolute atomic E-state index is 0.172. The van der Waals surface area contributed by atoms with E-state index >= 15 is 0 Å². The first-order chi connectivity index (χ1) is 12.2. The Bertz CT molecular complexity index is 748. The Morgan fingerprint density at radius 2 is 2.04 bits per heavy atom. The molecular formula is C20H27N3O2. The number of nitrogens with zero attached hydrogens (tertiary/aromatic N) is 1. The normalized spacial score (nSPS) is 24.5. The first-order valence-electron chi connectivity index (χ1n) is 9.60. The minimum Gasteiger partial charge on any atom is -0.490 e. The summed E-state index contributed by atoms with van der Waals surface area (Å²) in [7, 11) is 0. The summed E-state index contributed by atoms with van der Waals surface area (Å²) >= 11 is 0. The average Bonchev–Trinajstić information content (AvgIpc) is 3.29. The van der Waals surface area contributed by atoms with Crippen molar-refractivity contribution in [3.05, 3.63) is 23.9 Å². The van der Waals surface area contributed by atoms with Gasteiger partial charge in [-0.2, -0.15) is 5.10 Å². The molecule has 0 aliphatic heterocycles. The third-order valence-corrected chi connectivity index (χ3v) is 5.84. The highest BCUT2D eigenvalue weighted by atomic mass is 16.5. The third-order valence-electron chi connectivity index (χ3n) is 5.84. The monoisotopic (exact) mass is 341 g/mol. The van der Waals surface area contributed by atoms with Crippen molar-refractivity contribution in [2.24, 2.45) is 5.92 Å². The Labute approximate surface area is 148 Å². The molecule has 2 fully saturated rings. The fourth-order valence-electron chi connectivity index (χ4n) is 4.34. The lowest BCUT2D eigenvalue weighted by Gasteiger charge is -2.31. The summed E-state index contributed by atoms with van der Waals surface area (Å²) in [5.74, 6) is 1.44. The Hall–Kier alpha value is -2.04. The van der Waals surface area contributed by atoms with Crippen LogP contribution in [0.25, 0.3) is 10.9 Å². The summed E-state index contributed by atoms with van der Waals surface area (Å²) in [6.45, 7) is 2.08. The molecule has 1 amide bonds. The number of carbonyl (C=O) groups excluding carboxylic acids is 1. The number of fused-ring (bicyclic) bond motifs is 1. The van der Waals surface area contributed by atoms with Crippen LogP contribution in [0, 0.1) is 12.8 Å². The van der Waals surface area contributed by atoms with Gasteiger partial charge in [0.2, 0.25) is 5.91 Å². The number of ether oxygens (including phenoxy) is 1. The highest BCUT2D eigenvalue weighted by Gasteiger charge is 2.28. The fraction of sp³-hybridized carbons (Fsp3) is 0.600. The van der Waals surface area contributed by atoms with E-state index in [0.717, 1.165) is 60.7 Å². The van der Waals surface area contributed by atoms with Gasteiger partial charge in [0.1, 0.15) is 11.9 Å². The van der Waals surface area contributed by atoms with Gasteiger partial charge < -0.3 is 10.1 Å². The lowest BCUT2D eigenvalue weighted by molar-refractivity contribution is -0.125. The van der Waals surface area contributed by atoms with E-state index in [1.165, 1.54) is 12.8 Å². The van der Waals surface area contributed by atoms with E-state index in [1.807, 2.05) is 18.3 Å². The van der Waals surface area contributed by atoms with Crippen molar-refractivity contribution in [3.8, 4) is 5.75 Å². The van der Waals surface area contributed by atoms with Crippen LogP contribution in [0.4, 0.5) is 0 Å². The van der Waals surface area contributed by atoms with Gasteiger partial charge in [-0.3, -0.25) is 9.89 Å². The van der Waals surface area contributed by atoms with E-state index in [0.29, 0.717) is 0 Å². The highest BCUT2D eigenvalue weighted by molar-refractivity contribution is 5.83. The van der Waals surface area contributed by atoms with Crippen LogP contribution in [0.5, 0.6) is 5.75 Å². The van der Waals surface area contributed by atoms with Crippen LogP contribution in [-0.2, 0) is 4.79 Å². The number of carbonyl (C=O) groups is 1. The zero-order valence-electron chi connectivity index (χ0n) is 14.9. The molecule has 4 rings (SSSR count). The number of aryl methyl sites for hydroxylation is 1. The van der Waals surface area contributed by atoms with Gasteiger partial charge in [0, 0.05) is 29.3 Å². The Balaban J connectivity index is 1.38. The number of hydrogen-bond acceptors (Lipinski definition) is 3. The van der Waals surface area contributed by atoms with E-state index in [1.54, 1.807) is 0 Å². The molecule has 0 spiro atoms. The maximum Gasteiger partial charge on any atom is 0.223 e. The zero-order valence-corrected chi connectivity index (χ0v) is 14.9. The summed E-state index contributed by atoms with van der Waals surface area (Å²) in [6, 6.07) is 4.30. The molecule has 2 saturated carbocycles. The van der Waals surface area contributed by atoms with Crippen molar-refractivity contribution in [2.75, 3.05) is 0 Å². The predicted octanol–water partition coefficient (Wildman–Crippen LogP) is 3.87. The Morgan fingerprint density at radius 1 is 1.20 bits per heavy atom. The number of rotatable bonds is 4. The molecule has 5 nitrogen and oxygen atoms in total. The van der Waals surface area contributed by atoms with Gasteiger partial charge in [0.05, 0.1) is 11.7 Å². The van der Waals surface area contributed by atoms with E-state index in [2.05, 4.69) is 22.4 Å². The van der Waals surface area contributed by atoms with Crippen molar-refractivity contribution in [3.63, 3.8) is 0 Å². The van der Waals surface area contributed by atoms with E-state index < -0.39 is 0 Å². The second-order valence-corrected chi connectivity index (χ2v) is 7.61. The summed E-state index contributed by atoms with van der Waals surface area (Å²) in [6.07, 6.45) is 10.7. The van der Waals surface area contributed by atoms with Crippen LogP contribution in [0.15, 0.2) is 18.3 Å². The van der Waals surface area contributed by atoms with Gasteiger partial charge in [0.15, 0.2) is 0 Å². The van der Waals surface area contributed by atoms with Crippen molar-refractivity contribution in [1.82, 2.24) is 15.5 Å². The Kier molecular flexibility index (Phi) is 4.64. The van der Waals surface area contributed by atoms with Gasteiger partial charge in [0.25, 0.3) is 0 Å². The number of H-pyrrole nitrogens is 1. The molecule has 5 heteroatoms. The number of aromatic nitrogens is 2. The van der Waals surface area contributed by atoms with Crippen LogP contribution in [0.3, 0.4) is 0 Å². The fourth-order valence-corrected chi connectivity index (χ4v) is 4.34. The number of aromatic amines is 1. The third kappa shape index (κ3) is 3.51. The van der Waals surface area contributed by atoms with Crippen LogP contribution >= 0.6 is 0 Å². The van der Waals surface area contributed by atoms with Crippen molar-refractivity contribution >= 4 is 16.8 Å². The van der Waals surface area contributed by atoms with Crippen molar-refractivity contribution in [1.29, 1.82) is 0 Å². The summed E-state index contributed by atoms with van der Waals surface area (Å²) in [4.78, 5) is 12.4. The van der Waals surface area contributed by atoms with E-state index in [4.69, 9.17) is 4.74 Å². The molecule has 134 valence electrons. The smallest absolute Gasteiger partial charge is 0.223 e. The molecular weight excluding hydrogens is 314 g/mol. The summed E-state index contributed by atoms with van der Waals surface area (Å²) < 4.78 is 6.31. The van der Waals surface area contributed by atoms with Gasteiger partial charge in [-0.1, -0.05) is 12.8 Å². The second-order valence-electron chi connectivity index (χ2n) is 7.61. The molecule has 0 bridgehead atoms. The highest BCUT2D eigenvalue weighted by Crippen LogP contribution is 2.30. The molecule has 25 heavy (non-hydrogen) atoms. The molecule has 1 aromatic carbocycles. The number of nitrogens with one attached hydrogen (secondary N) is 2. The molecule has 2 aliphatic carbocycles. The molecule has 1 heterocycles. The number of amides is 1. The molecule has 2 unspecified atom stereocenters. The van der Waals surface area contributed by atoms with Gasteiger partial charge >= 0.3 is 0 Å². The summed E-state index contributed by atoms with van der Waals surface area (Å²) in [5.41, 5.74) is 2.17. The second kappa shape index (κ2) is 7.06. The number of hydrogen-bond donors (Lipinski definition) is 2. The SMILES string of the molecule is Cc1c(OC2CCCC(NC(=O)C3CCCC3)C2)ccc2[nH]ncc12. The average molecular weight is 341 g/mol. The topological polar surface area (TPSA) is 67.0 Å². The first-order valence-corrected chi connectivity index (χ1v) is 9.60. The molecule has 2 aromatic rings. The molecule has 0 radical (unpaired) electrons. The molecule has 0 saturated heterocycles. The van der Waals surface area contributed by atoms with Crippen molar-refractivity contribution < 1.29 is 9.53 Å².